The van der Waals surface area contributed by atoms with Crippen molar-refractivity contribution in [2.45, 2.75) is 13.8 Å². The highest BCUT2D eigenvalue weighted by Gasteiger charge is 2.00. The molecular formula is C12H15NO2. The summed E-state index contributed by atoms with van der Waals surface area (Å²) in [5, 5.41) is 0. The first-order chi connectivity index (χ1) is 7.13. The molecule has 0 heterocycles. The van der Waals surface area contributed by atoms with Gasteiger partial charge in [0.1, 0.15) is 0 Å². The van der Waals surface area contributed by atoms with Crippen molar-refractivity contribution in [2.75, 3.05) is 6.61 Å². The summed E-state index contributed by atoms with van der Waals surface area (Å²) in [5.74, 6) is -0.407. The first kappa shape index (κ1) is 11.3. The molecule has 0 aliphatic carbocycles. The summed E-state index contributed by atoms with van der Waals surface area (Å²) in [6.45, 7) is 4.11. The molecule has 0 saturated carbocycles. The summed E-state index contributed by atoms with van der Waals surface area (Å²) >= 11 is 0. The van der Waals surface area contributed by atoms with E-state index in [2.05, 4.69) is 0 Å². The third-order valence-corrected chi connectivity index (χ3v) is 1.94. The van der Waals surface area contributed by atoms with Crippen LogP contribution in [0.4, 0.5) is 0 Å². The van der Waals surface area contributed by atoms with Gasteiger partial charge in [-0.25, -0.2) is 4.79 Å². The molecule has 0 aliphatic rings. The fourth-order valence-corrected chi connectivity index (χ4v) is 1.14. The van der Waals surface area contributed by atoms with Crippen molar-refractivity contribution in [3.63, 3.8) is 0 Å². The van der Waals surface area contributed by atoms with Crippen molar-refractivity contribution in [1.29, 1.82) is 0 Å². The van der Waals surface area contributed by atoms with E-state index in [0.717, 1.165) is 11.1 Å². The van der Waals surface area contributed by atoms with Gasteiger partial charge in [0.15, 0.2) is 0 Å². The van der Waals surface area contributed by atoms with Crippen LogP contribution in [0, 0.1) is 6.92 Å². The second-order valence-electron chi connectivity index (χ2n) is 3.22. The van der Waals surface area contributed by atoms with Gasteiger partial charge in [0.05, 0.1) is 6.61 Å². The Labute approximate surface area is 89.5 Å². The third-order valence-electron chi connectivity index (χ3n) is 1.94. The number of benzene rings is 1. The van der Waals surface area contributed by atoms with Crippen molar-refractivity contribution in [1.82, 2.24) is 0 Å². The van der Waals surface area contributed by atoms with Gasteiger partial charge in [-0.2, -0.15) is 0 Å². The van der Waals surface area contributed by atoms with Crippen LogP contribution in [0.15, 0.2) is 30.3 Å². The molecule has 0 amide bonds. The molecule has 0 spiro atoms. The molecule has 0 unspecified atom stereocenters. The number of hydrogen-bond acceptors (Lipinski definition) is 3. The molecule has 3 heteroatoms. The van der Waals surface area contributed by atoms with E-state index >= 15 is 0 Å². The van der Waals surface area contributed by atoms with Crippen LogP contribution in [0.5, 0.6) is 0 Å². The molecule has 0 atom stereocenters. The molecule has 80 valence electrons. The van der Waals surface area contributed by atoms with E-state index in [-0.39, 0.29) is 0 Å². The average molecular weight is 205 g/mol. The van der Waals surface area contributed by atoms with Crippen LogP contribution in [0.3, 0.4) is 0 Å². The lowest BCUT2D eigenvalue weighted by Gasteiger charge is -2.02. The molecular weight excluding hydrogens is 190 g/mol. The maximum Gasteiger partial charge on any atom is 0.332 e. The van der Waals surface area contributed by atoms with E-state index in [4.69, 9.17) is 10.5 Å². The smallest absolute Gasteiger partial charge is 0.332 e. The highest BCUT2D eigenvalue weighted by Crippen LogP contribution is 2.10. The van der Waals surface area contributed by atoms with Gasteiger partial charge in [-0.05, 0) is 19.4 Å². The average Bonchev–Trinajstić information content (AvgIpc) is 2.18. The molecule has 0 radical (unpaired) electrons. The lowest BCUT2D eigenvalue weighted by Crippen LogP contribution is -2.05. The lowest BCUT2D eigenvalue weighted by atomic mass is 10.1. The van der Waals surface area contributed by atoms with E-state index < -0.39 is 5.97 Å². The third kappa shape index (κ3) is 3.46. The Morgan fingerprint density at radius 1 is 1.40 bits per heavy atom. The Hall–Kier alpha value is -1.77. The number of esters is 1. The van der Waals surface area contributed by atoms with Gasteiger partial charge in [0.2, 0.25) is 0 Å². The Balaban J connectivity index is 2.79. The van der Waals surface area contributed by atoms with E-state index in [1.165, 1.54) is 6.08 Å². The maximum atomic E-state index is 11.1. The minimum absolute atomic E-state index is 0.358. The predicted molar refractivity (Wildman–Crippen MR) is 60.0 cm³/mol. The summed E-state index contributed by atoms with van der Waals surface area (Å²) in [6, 6.07) is 7.64. The quantitative estimate of drug-likeness (QED) is 0.605. The number of nitrogens with two attached hydrogens (primary N) is 1. The summed E-state index contributed by atoms with van der Waals surface area (Å²) < 4.78 is 4.76. The van der Waals surface area contributed by atoms with Crippen LogP contribution in [0.25, 0.3) is 5.70 Å². The first-order valence-corrected chi connectivity index (χ1v) is 4.84. The number of carbonyl (C=O) groups is 1. The standard InChI is InChI=1S/C12H15NO2/c1-3-15-12(14)8-11(13)10-6-4-9(2)5-7-10/h4-8H,3,13H2,1-2H3/b11-8+. The molecule has 0 bridgehead atoms. The molecule has 0 saturated heterocycles. The molecule has 0 fully saturated rings. The van der Waals surface area contributed by atoms with Crippen LogP contribution < -0.4 is 5.73 Å². The van der Waals surface area contributed by atoms with Gasteiger partial charge < -0.3 is 10.5 Å². The zero-order valence-corrected chi connectivity index (χ0v) is 8.99. The number of carbonyl (C=O) groups excluding carboxylic acids is 1. The predicted octanol–water partition coefficient (Wildman–Crippen LogP) is 1.86. The molecule has 15 heavy (non-hydrogen) atoms. The van der Waals surface area contributed by atoms with E-state index in [1.54, 1.807) is 6.92 Å². The van der Waals surface area contributed by atoms with E-state index in [1.807, 2.05) is 31.2 Å². The zero-order chi connectivity index (χ0) is 11.3. The molecule has 0 aliphatic heterocycles. The first-order valence-electron chi connectivity index (χ1n) is 4.84. The van der Waals surface area contributed by atoms with Gasteiger partial charge in [-0.3, -0.25) is 0 Å². The van der Waals surface area contributed by atoms with E-state index in [9.17, 15) is 4.79 Å². The summed E-state index contributed by atoms with van der Waals surface area (Å²) in [4.78, 5) is 11.1. The van der Waals surface area contributed by atoms with Crippen LogP contribution in [0.1, 0.15) is 18.1 Å². The summed E-state index contributed by atoms with van der Waals surface area (Å²) in [7, 11) is 0. The Kier molecular flexibility index (Phi) is 3.92. The van der Waals surface area contributed by atoms with Crippen molar-refractivity contribution in [2.24, 2.45) is 5.73 Å². The molecule has 1 aromatic rings. The number of ether oxygens (including phenoxy) is 1. The molecule has 1 rings (SSSR count). The highest BCUT2D eigenvalue weighted by molar-refractivity contribution is 5.90. The van der Waals surface area contributed by atoms with Crippen molar-refractivity contribution >= 4 is 11.7 Å². The molecule has 3 nitrogen and oxygen atoms in total. The van der Waals surface area contributed by atoms with Crippen molar-refractivity contribution in [3.05, 3.63) is 41.5 Å². The minimum atomic E-state index is -0.407. The Bertz CT molecular complexity index is 366. The second kappa shape index (κ2) is 5.20. The monoisotopic (exact) mass is 205 g/mol. The van der Waals surface area contributed by atoms with E-state index in [0.29, 0.717) is 12.3 Å². The van der Waals surface area contributed by atoms with Crippen LogP contribution in [-0.4, -0.2) is 12.6 Å². The van der Waals surface area contributed by atoms with Crippen LogP contribution in [0.2, 0.25) is 0 Å². The fourth-order valence-electron chi connectivity index (χ4n) is 1.14. The fraction of sp³-hybridized carbons (Fsp3) is 0.250. The SMILES string of the molecule is CCOC(=O)/C=C(/N)c1ccc(C)cc1. The topological polar surface area (TPSA) is 52.3 Å². The van der Waals surface area contributed by atoms with Crippen LogP contribution in [-0.2, 0) is 9.53 Å². The maximum absolute atomic E-state index is 11.1. The van der Waals surface area contributed by atoms with Gasteiger partial charge in [-0.1, -0.05) is 29.8 Å². The zero-order valence-electron chi connectivity index (χ0n) is 8.99. The normalized spacial score (nSPS) is 11.2. The number of rotatable bonds is 3. The van der Waals surface area contributed by atoms with Crippen LogP contribution >= 0.6 is 0 Å². The van der Waals surface area contributed by atoms with Crippen molar-refractivity contribution < 1.29 is 9.53 Å². The number of aryl methyl sites for hydroxylation is 1. The van der Waals surface area contributed by atoms with Gasteiger partial charge in [0.25, 0.3) is 0 Å². The number of hydrogen-bond donors (Lipinski definition) is 1. The van der Waals surface area contributed by atoms with Gasteiger partial charge in [-0.15, -0.1) is 0 Å². The molecule has 1 aromatic carbocycles. The second-order valence-corrected chi connectivity index (χ2v) is 3.22. The molecule has 2 N–H and O–H groups in total. The van der Waals surface area contributed by atoms with Gasteiger partial charge >= 0.3 is 5.97 Å². The Morgan fingerprint density at radius 3 is 2.53 bits per heavy atom. The lowest BCUT2D eigenvalue weighted by molar-refractivity contribution is -0.137. The van der Waals surface area contributed by atoms with Gasteiger partial charge in [0, 0.05) is 11.8 Å². The highest BCUT2D eigenvalue weighted by atomic mass is 16.5. The Morgan fingerprint density at radius 2 is 2.00 bits per heavy atom. The summed E-state index contributed by atoms with van der Waals surface area (Å²) in [5.41, 5.74) is 8.14. The van der Waals surface area contributed by atoms with Crippen molar-refractivity contribution in [3.8, 4) is 0 Å². The molecule has 0 aromatic heterocycles. The summed E-state index contributed by atoms with van der Waals surface area (Å²) in [6.07, 6.45) is 1.30. The minimum Gasteiger partial charge on any atom is -0.463 e. The largest absolute Gasteiger partial charge is 0.463 e.